The zero-order chi connectivity index (χ0) is 17.2. The van der Waals surface area contributed by atoms with E-state index in [0.717, 1.165) is 4.47 Å². The first-order valence-corrected chi connectivity index (χ1v) is 7.90. The van der Waals surface area contributed by atoms with Crippen LogP contribution in [0.3, 0.4) is 0 Å². The zero-order valence-electron chi connectivity index (χ0n) is 13.0. The standard InChI is InChI=1S/C15H20BrN3O4/c1-10(2)23-7-3-6-17-14(21)15(22)19-18-9-11-8-12(16)4-5-13(11)20/h4-5,8-10,20H,3,6-7H2,1-2H3,(H,17,21)(H,19,22)/b18-9+. The maximum Gasteiger partial charge on any atom is 0.329 e. The van der Waals surface area contributed by atoms with Gasteiger partial charge in [0.2, 0.25) is 0 Å². The van der Waals surface area contributed by atoms with Gasteiger partial charge in [-0.15, -0.1) is 0 Å². The minimum Gasteiger partial charge on any atom is -0.507 e. The molecule has 1 aromatic rings. The Morgan fingerprint density at radius 3 is 2.83 bits per heavy atom. The highest BCUT2D eigenvalue weighted by atomic mass is 79.9. The number of nitrogens with one attached hydrogen (secondary N) is 2. The van der Waals surface area contributed by atoms with Crippen molar-refractivity contribution in [2.24, 2.45) is 5.10 Å². The normalized spacial score (nSPS) is 11.0. The third kappa shape index (κ3) is 7.75. The number of phenols is 1. The second-order valence-electron chi connectivity index (χ2n) is 4.93. The lowest BCUT2D eigenvalue weighted by Gasteiger charge is -2.07. The van der Waals surface area contributed by atoms with Gasteiger partial charge in [-0.3, -0.25) is 9.59 Å². The van der Waals surface area contributed by atoms with E-state index >= 15 is 0 Å². The number of aromatic hydroxyl groups is 1. The van der Waals surface area contributed by atoms with Crippen LogP contribution in [0.4, 0.5) is 0 Å². The van der Waals surface area contributed by atoms with E-state index in [-0.39, 0.29) is 11.9 Å². The molecule has 0 aliphatic heterocycles. The summed E-state index contributed by atoms with van der Waals surface area (Å²) in [6.07, 6.45) is 2.01. The smallest absolute Gasteiger partial charge is 0.329 e. The number of hydrogen-bond acceptors (Lipinski definition) is 5. The molecule has 0 unspecified atom stereocenters. The van der Waals surface area contributed by atoms with Crippen LogP contribution in [0.25, 0.3) is 0 Å². The molecule has 0 bridgehead atoms. The molecule has 0 atom stereocenters. The van der Waals surface area contributed by atoms with E-state index in [4.69, 9.17) is 4.74 Å². The average Bonchev–Trinajstić information content (AvgIpc) is 2.49. The highest BCUT2D eigenvalue weighted by Crippen LogP contribution is 2.19. The lowest BCUT2D eigenvalue weighted by atomic mass is 10.2. The van der Waals surface area contributed by atoms with Crippen LogP contribution in [0.5, 0.6) is 5.75 Å². The van der Waals surface area contributed by atoms with Gasteiger partial charge in [-0.25, -0.2) is 5.43 Å². The van der Waals surface area contributed by atoms with Gasteiger partial charge in [0, 0.05) is 23.2 Å². The van der Waals surface area contributed by atoms with Crippen LogP contribution in [0.1, 0.15) is 25.8 Å². The van der Waals surface area contributed by atoms with Crippen LogP contribution in [-0.2, 0) is 14.3 Å². The number of ether oxygens (including phenoxy) is 1. The van der Waals surface area contributed by atoms with Crippen molar-refractivity contribution < 1.29 is 19.4 Å². The molecule has 0 heterocycles. The van der Waals surface area contributed by atoms with E-state index in [1.54, 1.807) is 12.1 Å². The van der Waals surface area contributed by atoms with Gasteiger partial charge in [-0.2, -0.15) is 5.10 Å². The summed E-state index contributed by atoms with van der Waals surface area (Å²) in [6.45, 7) is 4.70. The number of amides is 2. The number of carbonyl (C=O) groups excluding carboxylic acids is 2. The van der Waals surface area contributed by atoms with Crippen molar-refractivity contribution in [2.75, 3.05) is 13.2 Å². The van der Waals surface area contributed by atoms with E-state index in [9.17, 15) is 14.7 Å². The van der Waals surface area contributed by atoms with E-state index in [1.165, 1.54) is 12.3 Å². The van der Waals surface area contributed by atoms with Gasteiger partial charge in [0.1, 0.15) is 5.75 Å². The molecular formula is C15H20BrN3O4. The largest absolute Gasteiger partial charge is 0.507 e. The summed E-state index contributed by atoms with van der Waals surface area (Å²) in [4.78, 5) is 23.0. The highest BCUT2D eigenvalue weighted by Gasteiger charge is 2.11. The van der Waals surface area contributed by atoms with Crippen molar-refractivity contribution in [1.29, 1.82) is 0 Å². The van der Waals surface area contributed by atoms with E-state index in [0.29, 0.717) is 25.1 Å². The molecule has 2 amide bonds. The molecule has 1 aromatic carbocycles. The Morgan fingerprint density at radius 1 is 1.39 bits per heavy atom. The van der Waals surface area contributed by atoms with Crippen LogP contribution in [0.15, 0.2) is 27.8 Å². The third-order valence-corrected chi connectivity index (χ3v) is 3.12. The van der Waals surface area contributed by atoms with Gasteiger partial charge in [0.15, 0.2) is 0 Å². The predicted octanol–water partition coefficient (Wildman–Crippen LogP) is 1.54. The summed E-state index contributed by atoms with van der Waals surface area (Å²) >= 11 is 3.26. The lowest BCUT2D eigenvalue weighted by molar-refractivity contribution is -0.139. The first kappa shape index (κ1) is 19.1. The molecule has 23 heavy (non-hydrogen) atoms. The number of hydrogen-bond donors (Lipinski definition) is 3. The quantitative estimate of drug-likeness (QED) is 0.286. The number of benzene rings is 1. The minimum atomic E-state index is -0.875. The summed E-state index contributed by atoms with van der Waals surface area (Å²) in [5.74, 6) is -1.63. The van der Waals surface area contributed by atoms with Gasteiger partial charge < -0.3 is 15.2 Å². The summed E-state index contributed by atoms with van der Waals surface area (Å²) < 4.78 is 6.07. The Bertz CT molecular complexity index is 576. The van der Waals surface area contributed by atoms with Crippen LogP contribution in [0.2, 0.25) is 0 Å². The van der Waals surface area contributed by atoms with Crippen molar-refractivity contribution >= 4 is 34.0 Å². The van der Waals surface area contributed by atoms with Crippen LogP contribution in [-0.4, -0.2) is 42.4 Å². The van der Waals surface area contributed by atoms with Gasteiger partial charge in [0.05, 0.1) is 12.3 Å². The fourth-order valence-corrected chi connectivity index (χ4v) is 1.89. The molecule has 0 saturated carbocycles. The topological polar surface area (TPSA) is 100 Å². The Labute approximate surface area is 143 Å². The van der Waals surface area contributed by atoms with Gasteiger partial charge in [-0.05, 0) is 38.5 Å². The van der Waals surface area contributed by atoms with Gasteiger partial charge >= 0.3 is 11.8 Å². The van der Waals surface area contributed by atoms with Gasteiger partial charge in [-0.1, -0.05) is 15.9 Å². The summed E-state index contributed by atoms with van der Waals surface area (Å²) in [6, 6.07) is 4.78. The number of nitrogens with zero attached hydrogens (tertiary/aromatic N) is 1. The molecule has 7 nitrogen and oxygen atoms in total. The van der Waals surface area contributed by atoms with E-state index in [1.807, 2.05) is 13.8 Å². The molecule has 0 aliphatic carbocycles. The number of carbonyl (C=O) groups is 2. The SMILES string of the molecule is CC(C)OCCCNC(=O)C(=O)N/N=C/c1cc(Br)ccc1O. The van der Waals surface area contributed by atoms with Crippen molar-refractivity contribution in [3.05, 3.63) is 28.2 Å². The first-order valence-electron chi connectivity index (χ1n) is 7.11. The second-order valence-corrected chi connectivity index (χ2v) is 5.85. The van der Waals surface area contributed by atoms with Crippen LogP contribution >= 0.6 is 15.9 Å². The molecule has 1 rings (SSSR count). The van der Waals surface area contributed by atoms with E-state index in [2.05, 4.69) is 31.8 Å². The zero-order valence-corrected chi connectivity index (χ0v) is 14.6. The highest BCUT2D eigenvalue weighted by molar-refractivity contribution is 9.10. The van der Waals surface area contributed by atoms with Gasteiger partial charge in [0.25, 0.3) is 0 Å². The molecule has 0 fully saturated rings. The molecule has 0 saturated heterocycles. The Hall–Kier alpha value is -1.93. The number of rotatable bonds is 7. The Balaban J connectivity index is 2.33. The molecule has 0 radical (unpaired) electrons. The molecule has 0 spiro atoms. The molecule has 8 heteroatoms. The first-order chi connectivity index (χ1) is 10.9. The van der Waals surface area contributed by atoms with Crippen LogP contribution < -0.4 is 10.7 Å². The molecule has 3 N–H and O–H groups in total. The Kier molecular flexibility index (Phi) is 8.28. The number of hydrazone groups is 1. The average molecular weight is 386 g/mol. The summed E-state index contributed by atoms with van der Waals surface area (Å²) in [5, 5.41) is 15.7. The minimum absolute atomic E-state index is 0.0146. The number of halogens is 1. The van der Waals surface area contributed by atoms with Crippen molar-refractivity contribution in [1.82, 2.24) is 10.7 Å². The number of phenolic OH excluding ortho intramolecular Hbond substituents is 1. The third-order valence-electron chi connectivity index (χ3n) is 2.62. The second kappa shape index (κ2) is 9.96. The fourth-order valence-electron chi connectivity index (χ4n) is 1.51. The summed E-state index contributed by atoms with van der Waals surface area (Å²) in [5.41, 5.74) is 2.51. The molecule has 126 valence electrons. The molecular weight excluding hydrogens is 366 g/mol. The maximum absolute atomic E-state index is 11.5. The molecule has 0 aromatic heterocycles. The maximum atomic E-state index is 11.5. The molecule has 0 aliphatic rings. The lowest BCUT2D eigenvalue weighted by Crippen LogP contribution is -2.38. The van der Waals surface area contributed by atoms with Crippen molar-refractivity contribution in [3.8, 4) is 5.75 Å². The summed E-state index contributed by atoms with van der Waals surface area (Å²) in [7, 11) is 0. The van der Waals surface area contributed by atoms with Crippen molar-refractivity contribution in [3.63, 3.8) is 0 Å². The monoisotopic (exact) mass is 385 g/mol. The van der Waals surface area contributed by atoms with Crippen LogP contribution in [0, 0.1) is 0 Å². The predicted molar refractivity (Wildman–Crippen MR) is 90.3 cm³/mol. The van der Waals surface area contributed by atoms with E-state index < -0.39 is 11.8 Å². The Morgan fingerprint density at radius 2 is 2.13 bits per heavy atom. The van der Waals surface area contributed by atoms with Crippen molar-refractivity contribution in [2.45, 2.75) is 26.4 Å². The fraction of sp³-hybridized carbons (Fsp3) is 0.400.